The first-order valence-electron chi connectivity index (χ1n) is 5.42. The van der Waals surface area contributed by atoms with Crippen molar-refractivity contribution in [2.75, 3.05) is 6.54 Å². The summed E-state index contributed by atoms with van der Waals surface area (Å²) in [5.41, 5.74) is -0.367. The SMILES string of the molecule is CC(C)(C)OC(=O)CNC1CCCC1. The maximum Gasteiger partial charge on any atom is 0.320 e. The van der Waals surface area contributed by atoms with Gasteiger partial charge in [0.2, 0.25) is 0 Å². The van der Waals surface area contributed by atoms with Gasteiger partial charge in [-0.2, -0.15) is 0 Å². The molecule has 0 amide bonds. The summed E-state index contributed by atoms with van der Waals surface area (Å²) in [5, 5.41) is 3.23. The molecular formula is C11H21NO2. The van der Waals surface area contributed by atoms with Crippen LogP contribution in [-0.4, -0.2) is 24.2 Å². The largest absolute Gasteiger partial charge is 0.459 e. The van der Waals surface area contributed by atoms with Gasteiger partial charge in [0.05, 0.1) is 6.54 Å². The Kier molecular flexibility index (Phi) is 3.93. The third kappa shape index (κ3) is 4.61. The molecule has 0 unspecified atom stereocenters. The zero-order chi connectivity index (χ0) is 10.6. The highest BCUT2D eigenvalue weighted by Gasteiger charge is 2.19. The van der Waals surface area contributed by atoms with Gasteiger partial charge >= 0.3 is 5.97 Å². The van der Waals surface area contributed by atoms with Crippen LogP contribution in [0, 0.1) is 0 Å². The lowest BCUT2D eigenvalue weighted by Gasteiger charge is -2.20. The number of hydrogen-bond donors (Lipinski definition) is 1. The smallest absolute Gasteiger partial charge is 0.320 e. The Morgan fingerprint density at radius 2 is 1.93 bits per heavy atom. The van der Waals surface area contributed by atoms with Crippen LogP contribution in [-0.2, 0) is 9.53 Å². The molecule has 0 bridgehead atoms. The molecule has 1 N–H and O–H groups in total. The van der Waals surface area contributed by atoms with Crippen LogP contribution in [0.25, 0.3) is 0 Å². The summed E-state index contributed by atoms with van der Waals surface area (Å²) < 4.78 is 5.20. The number of hydrogen-bond acceptors (Lipinski definition) is 3. The molecule has 0 aromatic carbocycles. The maximum atomic E-state index is 11.3. The molecule has 1 aliphatic carbocycles. The summed E-state index contributed by atoms with van der Waals surface area (Å²) in [7, 11) is 0. The molecule has 0 atom stereocenters. The van der Waals surface area contributed by atoms with Crippen LogP contribution >= 0.6 is 0 Å². The van der Waals surface area contributed by atoms with Gasteiger partial charge in [0, 0.05) is 6.04 Å². The van der Waals surface area contributed by atoms with Gasteiger partial charge in [-0.3, -0.25) is 4.79 Å². The van der Waals surface area contributed by atoms with E-state index in [4.69, 9.17) is 4.74 Å². The number of rotatable bonds is 3. The molecule has 0 radical (unpaired) electrons. The van der Waals surface area contributed by atoms with E-state index in [9.17, 15) is 4.79 Å². The highest BCUT2D eigenvalue weighted by atomic mass is 16.6. The summed E-state index contributed by atoms with van der Waals surface area (Å²) in [6.45, 7) is 6.02. The lowest BCUT2D eigenvalue weighted by Crippen LogP contribution is -2.35. The van der Waals surface area contributed by atoms with Gasteiger partial charge in [0.1, 0.15) is 5.60 Å². The Balaban J connectivity index is 2.14. The predicted molar refractivity (Wildman–Crippen MR) is 56.1 cm³/mol. The van der Waals surface area contributed by atoms with Gasteiger partial charge in [0.15, 0.2) is 0 Å². The van der Waals surface area contributed by atoms with E-state index < -0.39 is 0 Å². The fraction of sp³-hybridized carbons (Fsp3) is 0.909. The number of carbonyl (C=O) groups excluding carboxylic acids is 1. The Hall–Kier alpha value is -0.570. The first-order chi connectivity index (χ1) is 6.47. The number of esters is 1. The van der Waals surface area contributed by atoms with Crippen molar-refractivity contribution in [3.8, 4) is 0 Å². The molecule has 3 nitrogen and oxygen atoms in total. The molecule has 0 heterocycles. The van der Waals surface area contributed by atoms with Crippen LogP contribution in [0.2, 0.25) is 0 Å². The Bertz CT molecular complexity index is 190. The van der Waals surface area contributed by atoms with Crippen molar-refractivity contribution in [2.45, 2.75) is 58.1 Å². The summed E-state index contributed by atoms with van der Waals surface area (Å²) in [6.07, 6.45) is 4.96. The van der Waals surface area contributed by atoms with Crippen molar-refractivity contribution in [3.05, 3.63) is 0 Å². The lowest BCUT2D eigenvalue weighted by molar-refractivity contribution is -0.153. The third-order valence-electron chi connectivity index (χ3n) is 2.31. The number of ether oxygens (including phenoxy) is 1. The van der Waals surface area contributed by atoms with Crippen LogP contribution in [0.15, 0.2) is 0 Å². The van der Waals surface area contributed by atoms with Gasteiger partial charge in [0.25, 0.3) is 0 Å². The molecule has 1 rings (SSSR count). The number of carbonyl (C=O) groups is 1. The first kappa shape index (κ1) is 11.5. The standard InChI is InChI=1S/C11H21NO2/c1-11(2,3)14-10(13)8-12-9-6-4-5-7-9/h9,12H,4-8H2,1-3H3. The van der Waals surface area contributed by atoms with Gasteiger partial charge in [-0.15, -0.1) is 0 Å². The second-order valence-corrected chi connectivity index (χ2v) is 4.95. The molecule has 1 saturated carbocycles. The summed E-state index contributed by atoms with van der Waals surface area (Å²) in [5.74, 6) is -0.149. The van der Waals surface area contributed by atoms with E-state index in [1.165, 1.54) is 25.7 Å². The van der Waals surface area contributed by atoms with Crippen LogP contribution in [0.5, 0.6) is 0 Å². The Morgan fingerprint density at radius 3 is 2.43 bits per heavy atom. The van der Waals surface area contributed by atoms with Gasteiger partial charge < -0.3 is 10.1 Å². The fourth-order valence-corrected chi connectivity index (χ4v) is 1.74. The van der Waals surface area contributed by atoms with E-state index in [0.717, 1.165) is 0 Å². The van der Waals surface area contributed by atoms with Crippen LogP contribution in [0.3, 0.4) is 0 Å². The Labute approximate surface area is 86.2 Å². The average Bonchev–Trinajstić information content (AvgIpc) is 2.49. The highest BCUT2D eigenvalue weighted by molar-refractivity contribution is 5.72. The summed E-state index contributed by atoms with van der Waals surface area (Å²) >= 11 is 0. The van der Waals surface area contributed by atoms with Crippen molar-refractivity contribution in [3.63, 3.8) is 0 Å². The van der Waals surface area contributed by atoms with Crippen molar-refractivity contribution in [2.24, 2.45) is 0 Å². The van der Waals surface area contributed by atoms with Gasteiger partial charge in [-0.25, -0.2) is 0 Å². The quantitative estimate of drug-likeness (QED) is 0.705. The molecule has 0 aromatic rings. The molecule has 1 fully saturated rings. The topological polar surface area (TPSA) is 38.3 Å². The van der Waals surface area contributed by atoms with Crippen LogP contribution in [0.1, 0.15) is 46.5 Å². The summed E-state index contributed by atoms with van der Waals surface area (Å²) in [4.78, 5) is 11.3. The van der Waals surface area contributed by atoms with Crippen molar-refractivity contribution < 1.29 is 9.53 Å². The zero-order valence-electron chi connectivity index (χ0n) is 9.43. The normalized spacial score (nSPS) is 18.5. The van der Waals surface area contributed by atoms with E-state index >= 15 is 0 Å². The number of nitrogens with one attached hydrogen (secondary N) is 1. The van der Waals surface area contributed by atoms with Crippen LogP contribution < -0.4 is 5.32 Å². The third-order valence-corrected chi connectivity index (χ3v) is 2.31. The average molecular weight is 199 g/mol. The monoisotopic (exact) mass is 199 g/mol. The molecule has 3 heteroatoms. The molecule has 0 saturated heterocycles. The van der Waals surface area contributed by atoms with Crippen molar-refractivity contribution in [1.29, 1.82) is 0 Å². The minimum Gasteiger partial charge on any atom is -0.459 e. The second kappa shape index (κ2) is 4.78. The van der Waals surface area contributed by atoms with E-state index in [-0.39, 0.29) is 11.6 Å². The van der Waals surface area contributed by atoms with E-state index in [1.807, 2.05) is 20.8 Å². The first-order valence-corrected chi connectivity index (χ1v) is 5.42. The molecule has 14 heavy (non-hydrogen) atoms. The van der Waals surface area contributed by atoms with E-state index in [0.29, 0.717) is 12.6 Å². The highest BCUT2D eigenvalue weighted by Crippen LogP contribution is 2.17. The molecule has 0 aromatic heterocycles. The minimum absolute atomic E-state index is 0.149. The second-order valence-electron chi connectivity index (χ2n) is 4.95. The minimum atomic E-state index is -0.367. The molecule has 82 valence electrons. The van der Waals surface area contributed by atoms with Crippen LogP contribution in [0.4, 0.5) is 0 Å². The maximum absolute atomic E-state index is 11.3. The summed E-state index contributed by atoms with van der Waals surface area (Å²) in [6, 6.07) is 0.530. The molecule has 0 spiro atoms. The Morgan fingerprint density at radius 1 is 1.36 bits per heavy atom. The lowest BCUT2D eigenvalue weighted by atomic mass is 10.2. The molecular weight excluding hydrogens is 178 g/mol. The van der Waals surface area contributed by atoms with Gasteiger partial charge in [-0.1, -0.05) is 12.8 Å². The predicted octanol–water partition coefficient (Wildman–Crippen LogP) is 1.86. The van der Waals surface area contributed by atoms with Gasteiger partial charge in [-0.05, 0) is 33.6 Å². The van der Waals surface area contributed by atoms with E-state index in [2.05, 4.69) is 5.32 Å². The van der Waals surface area contributed by atoms with Crippen molar-refractivity contribution >= 4 is 5.97 Å². The molecule has 0 aliphatic heterocycles. The fourth-order valence-electron chi connectivity index (χ4n) is 1.74. The molecule has 1 aliphatic rings. The zero-order valence-corrected chi connectivity index (χ0v) is 9.43. The van der Waals surface area contributed by atoms with E-state index in [1.54, 1.807) is 0 Å². The van der Waals surface area contributed by atoms with Crippen molar-refractivity contribution in [1.82, 2.24) is 5.32 Å².